The van der Waals surface area contributed by atoms with E-state index in [0.29, 0.717) is 11.3 Å². The Bertz CT molecular complexity index is 564. The van der Waals surface area contributed by atoms with Crippen molar-refractivity contribution in [1.29, 1.82) is 0 Å². The van der Waals surface area contributed by atoms with Crippen LogP contribution in [-0.2, 0) is 14.4 Å². The number of imide groups is 2. The largest absolute Gasteiger partial charge is 0.405 e. The van der Waals surface area contributed by atoms with Crippen molar-refractivity contribution >= 4 is 23.8 Å². The first-order valence-corrected chi connectivity index (χ1v) is 7.64. The molecule has 1 saturated heterocycles. The summed E-state index contributed by atoms with van der Waals surface area (Å²) in [6.45, 7) is -0.607. The van der Waals surface area contributed by atoms with Crippen molar-refractivity contribution in [2.24, 2.45) is 5.92 Å². The van der Waals surface area contributed by atoms with Crippen LogP contribution in [-0.4, -0.2) is 58.9 Å². The molecular weight excluding hydrogens is 331 g/mol. The van der Waals surface area contributed by atoms with Gasteiger partial charge in [0, 0.05) is 6.04 Å². The Morgan fingerprint density at radius 1 is 1.17 bits per heavy atom. The highest BCUT2D eigenvalue weighted by molar-refractivity contribution is 6.45. The molecule has 2 fully saturated rings. The predicted molar refractivity (Wildman–Crippen MR) is 74.4 cm³/mol. The van der Waals surface area contributed by atoms with E-state index in [4.69, 9.17) is 0 Å². The average molecular weight is 349 g/mol. The van der Waals surface area contributed by atoms with Gasteiger partial charge < -0.3 is 5.32 Å². The molecule has 0 aromatic rings. The SMILES string of the molecule is C[C@@H]1CCCC[C@@H]1N1C(=O)C(=O)N(CC(=O)NCC(F)(F)F)C1=O. The zero-order valence-electron chi connectivity index (χ0n) is 13.1. The van der Waals surface area contributed by atoms with Gasteiger partial charge in [-0.25, -0.2) is 9.69 Å². The minimum absolute atomic E-state index is 0.0263. The lowest BCUT2D eigenvalue weighted by molar-refractivity contribution is -0.146. The average Bonchev–Trinajstić information content (AvgIpc) is 2.69. The second kappa shape index (κ2) is 6.78. The van der Waals surface area contributed by atoms with Crippen LogP contribution in [0.25, 0.3) is 0 Å². The molecule has 1 aliphatic carbocycles. The third-order valence-electron chi connectivity index (χ3n) is 4.27. The Morgan fingerprint density at radius 2 is 1.79 bits per heavy atom. The zero-order chi connectivity index (χ0) is 18.1. The fraction of sp³-hybridized carbons (Fsp3) is 0.714. The van der Waals surface area contributed by atoms with E-state index in [1.807, 2.05) is 6.92 Å². The molecule has 24 heavy (non-hydrogen) atoms. The van der Waals surface area contributed by atoms with Crippen molar-refractivity contribution < 1.29 is 32.3 Å². The van der Waals surface area contributed by atoms with Crippen LogP contribution in [0.2, 0.25) is 0 Å². The van der Waals surface area contributed by atoms with Gasteiger partial charge in [-0.15, -0.1) is 0 Å². The first-order valence-electron chi connectivity index (χ1n) is 7.64. The van der Waals surface area contributed by atoms with E-state index in [9.17, 15) is 32.3 Å². The second-order valence-corrected chi connectivity index (χ2v) is 6.07. The number of nitrogens with one attached hydrogen (secondary N) is 1. The quantitative estimate of drug-likeness (QED) is 0.607. The smallest absolute Gasteiger partial charge is 0.345 e. The monoisotopic (exact) mass is 349 g/mol. The minimum atomic E-state index is -4.60. The molecule has 2 rings (SSSR count). The molecule has 7 nitrogen and oxygen atoms in total. The molecule has 10 heteroatoms. The van der Waals surface area contributed by atoms with Gasteiger partial charge in [-0.1, -0.05) is 19.8 Å². The Balaban J connectivity index is 2.04. The summed E-state index contributed by atoms with van der Waals surface area (Å²) in [7, 11) is 0. The number of urea groups is 1. The van der Waals surface area contributed by atoms with E-state index in [0.717, 1.165) is 24.2 Å². The maximum Gasteiger partial charge on any atom is 0.405 e. The first kappa shape index (κ1) is 18.2. The molecule has 0 spiro atoms. The number of carbonyl (C=O) groups excluding carboxylic acids is 4. The van der Waals surface area contributed by atoms with Crippen molar-refractivity contribution in [2.45, 2.75) is 44.8 Å². The van der Waals surface area contributed by atoms with Crippen LogP contribution in [0.15, 0.2) is 0 Å². The molecule has 0 unspecified atom stereocenters. The van der Waals surface area contributed by atoms with Gasteiger partial charge in [0.25, 0.3) is 0 Å². The van der Waals surface area contributed by atoms with Crippen molar-refractivity contribution in [3.05, 3.63) is 0 Å². The maximum absolute atomic E-state index is 12.3. The van der Waals surface area contributed by atoms with Crippen molar-refractivity contribution in [1.82, 2.24) is 15.1 Å². The molecule has 0 radical (unpaired) electrons. The van der Waals surface area contributed by atoms with E-state index in [-0.39, 0.29) is 5.92 Å². The molecule has 1 saturated carbocycles. The normalized spacial score (nSPS) is 25.4. The molecule has 1 aliphatic heterocycles. The number of hydrogen-bond donors (Lipinski definition) is 1. The van der Waals surface area contributed by atoms with Gasteiger partial charge >= 0.3 is 24.0 Å². The highest BCUT2D eigenvalue weighted by Crippen LogP contribution is 2.31. The zero-order valence-corrected chi connectivity index (χ0v) is 13.1. The summed E-state index contributed by atoms with van der Waals surface area (Å²) in [5, 5.41) is 1.57. The Hall–Kier alpha value is -2.13. The summed E-state index contributed by atoms with van der Waals surface area (Å²) in [5.74, 6) is -3.33. The van der Waals surface area contributed by atoms with Gasteiger partial charge in [-0.05, 0) is 18.8 Å². The van der Waals surface area contributed by atoms with Crippen molar-refractivity contribution in [2.75, 3.05) is 13.1 Å². The summed E-state index contributed by atoms with van der Waals surface area (Å²) in [4.78, 5) is 49.1. The lowest BCUT2D eigenvalue weighted by Gasteiger charge is -2.34. The Kier molecular flexibility index (Phi) is 5.14. The maximum atomic E-state index is 12.3. The van der Waals surface area contributed by atoms with E-state index in [1.165, 1.54) is 0 Å². The lowest BCUT2D eigenvalue weighted by atomic mass is 9.85. The second-order valence-electron chi connectivity index (χ2n) is 6.07. The summed E-state index contributed by atoms with van der Waals surface area (Å²) < 4.78 is 36.2. The van der Waals surface area contributed by atoms with Gasteiger partial charge in [-0.2, -0.15) is 13.2 Å². The molecule has 5 amide bonds. The van der Waals surface area contributed by atoms with Crippen LogP contribution in [0.5, 0.6) is 0 Å². The van der Waals surface area contributed by atoms with Crippen LogP contribution in [0.4, 0.5) is 18.0 Å². The van der Waals surface area contributed by atoms with Gasteiger partial charge in [0.15, 0.2) is 0 Å². The van der Waals surface area contributed by atoms with Crippen LogP contribution in [0.3, 0.4) is 0 Å². The number of rotatable bonds is 4. The van der Waals surface area contributed by atoms with E-state index < -0.39 is 49.1 Å². The predicted octanol–water partition coefficient (Wildman–Crippen LogP) is 1.03. The highest BCUT2D eigenvalue weighted by atomic mass is 19.4. The number of carbonyl (C=O) groups is 4. The Labute approximate surface area is 136 Å². The van der Waals surface area contributed by atoms with Crippen LogP contribution in [0.1, 0.15) is 32.6 Å². The lowest BCUT2D eigenvalue weighted by Crippen LogP contribution is -2.47. The molecule has 0 bridgehead atoms. The van der Waals surface area contributed by atoms with Crippen LogP contribution in [0, 0.1) is 5.92 Å². The fourth-order valence-corrected chi connectivity index (χ4v) is 3.03. The number of nitrogens with zero attached hydrogens (tertiary/aromatic N) is 2. The van der Waals surface area contributed by atoms with E-state index >= 15 is 0 Å². The minimum Gasteiger partial charge on any atom is -0.345 e. The summed E-state index contributed by atoms with van der Waals surface area (Å²) in [6, 6.07) is -1.36. The highest BCUT2D eigenvalue weighted by Gasteiger charge is 2.49. The summed E-state index contributed by atoms with van der Waals surface area (Å²) in [5.41, 5.74) is 0. The standard InChI is InChI=1S/C14H18F3N3O4/c1-8-4-2-3-5-9(8)20-12(23)11(22)19(13(20)24)6-10(21)18-7-14(15,16)17/h8-9H,2-7H2,1H3,(H,18,21)/t8-,9+/m1/s1. The van der Waals surface area contributed by atoms with Crippen LogP contribution >= 0.6 is 0 Å². The molecular formula is C14H18F3N3O4. The molecule has 1 N–H and O–H groups in total. The van der Waals surface area contributed by atoms with Crippen molar-refractivity contribution in [3.63, 3.8) is 0 Å². The topological polar surface area (TPSA) is 86.8 Å². The molecule has 134 valence electrons. The number of halogens is 3. The van der Waals surface area contributed by atoms with Crippen molar-refractivity contribution in [3.8, 4) is 0 Å². The van der Waals surface area contributed by atoms with E-state index in [2.05, 4.69) is 0 Å². The molecule has 2 atom stereocenters. The summed E-state index contributed by atoms with van der Waals surface area (Å²) in [6.07, 6.45) is -1.45. The third kappa shape index (κ3) is 3.85. The molecule has 2 aliphatic rings. The van der Waals surface area contributed by atoms with Gasteiger partial charge in [0.2, 0.25) is 5.91 Å². The molecule has 0 aromatic carbocycles. The van der Waals surface area contributed by atoms with E-state index in [1.54, 1.807) is 5.32 Å². The number of amides is 5. The Morgan fingerprint density at radius 3 is 2.38 bits per heavy atom. The molecule has 0 aromatic heterocycles. The van der Waals surface area contributed by atoms with Gasteiger partial charge in [0.1, 0.15) is 13.1 Å². The van der Waals surface area contributed by atoms with Gasteiger partial charge in [0.05, 0.1) is 0 Å². The third-order valence-corrected chi connectivity index (χ3v) is 4.27. The van der Waals surface area contributed by atoms with Crippen LogP contribution < -0.4 is 5.32 Å². The number of hydrogen-bond acceptors (Lipinski definition) is 4. The van der Waals surface area contributed by atoms with Gasteiger partial charge in [-0.3, -0.25) is 19.3 Å². The fourth-order valence-electron chi connectivity index (χ4n) is 3.03. The molecule has 1 heterocycles. The number of alkyl halides is 3. The first-order chi connectivity index (χ1) is 11.1. The summed E-state index contributed by atoms with van der Waals surface area (Å²) >= 11 is 0.